The van der Waals surface area contributed by atoms with Crippen LogP contribution >= 0.6 is 27.5 Å². The fraction of sp³-hybridized carbons (Fsp3) is 0.0714. The van der Waals surface area contributed by atoms with Crippen LogP contribution in [-0.4, -0.2) is 15.1 Å². The largest absolute Gasteiger partial charge is 0.380 e. The van der Waals surface area contributed by atoms with E-state index in [1.807, 2.05) is 24.3 Å². The van der Waals surface area contributed by atoms with E-state index >= 15 is 0 Å². The van der Waals surface area contributed by atoms with Crippen molar-refractivity contribution in [3.8, 4) is 0 Å². The van der Waals surface area contributed by atoms with Crippen LogP contribution in [-0.2, 0) is 0 Å². The van der Waals surface area contributed by atoms with E-state index in [4.69, 9.17) is 11.6 Å². The van der Waals surface area contributed by atoms with Gasteiger partial charge in [0.05, 0.1) is 11.0 Å². The molecule has 0 aliphatic heterocycles. The maximum Gasteiger partial charge on any atom is 0.140 e. The minimum Gasteiger partial charge on any atom is -0.380 e. The van der Waals surface area contributed by atoms with Crippen molar-refractivity contribution >= 4 is 38.6 Å². The normalized spacial score (nSPS) is 12.8. The Morgan fingerprint density at radius 1 is 1.21 bits per heavy atom. The van der Waals surface area contributed by atoms with Crippen LogP contribution in [0.15, 0.2) is 46.9 Å². The quantitative estimate of drug-likeness (QED) is 0.741. The highest BCUT2D eigenvalue weighted by Crippen LogP contribution is 2.25. The van der Waals surface area contributed by atoms with Gasteiger partial charge in [-0.2, -0.15) is 0 Å². The summed E-state index contributed by atoms with van der Waals surface area (Å²) in [5, 5.41) is 10.9. The lowest BCUT2D eigenvalue weighted by Crippen LogP contribution is -2.01. The van der Waals surface area contributed by atoms with E-state index in [2.05, 4.69) is 25.9 Å². The summed E-state index contributed by atoms with van der Waals surface area (Å²) in [7, 11) is 0. The number of fused-ring (bicyclic) bond motifs is 1. The Labute approximate surface area is 123 Å². The summed E-state index contributed by atoms with van der Waals surface area (Å²) >= 11 is 9.33. The molecule has 0 aliphatic rings. The lowest BCUT2D eigenvalue weighted by atomic mass is 10.1. The molecule has 1 aromatic heterocycles. The third kappa shape index (κ3) is 2.52. The van der Waals surface area contributed by atoms with Gasteiger partial charge in [0.1, 0.15) is 11.9 Å². The molecule has 0 aliphatic carbocycles. The Morgan fingerprint density at radius 2 is 2.05 bits per heavy atom. The highest BCUT2D eigenvalue weighted by Gasteiger charge is 2.15. The molecule has 5 heteroatoms. The highest BCUT2D eigenvalue weighted by atomic mass is 79.9. The topological polar surface area (TPSA) is 48.9 Å². The number of nitrogens with zero attached hydrogens (tertiary/aromatic N) is 1. The Balaban J connectivity index is 2.04. The molecule has 0 bridgehead atoms. The third-order valence-electron chi connectivity index (χ3n) is 2.89. The third-order valence-corrected chi connectivity index (χ3v) is 3.61. The minimum atomic E-state index is -0.815. The predicted octanol–water partition coefficient (Wildman–Crippen LogP) is 4.06. The number of hydrogen-bond donors (Lipinski definition) is 2. The van der Waals surface area contributed by atoms with E-state index < -0.39 is 6.10 Å². The number of aromatic nitrogens is 2. The van der Waals surface area contributed by atoms with E-state index in [9.17, 15) is 5.11 Å². The number of H-pyrrole nitrogens is 1. The molecule has 3 rings (SSSR count). The highest BCUT2D eigenvalue weighted by molar-refractivity contribution is 9.10. The lowest BCUT2D eigenvalue weighted by molar-refractivity contribution is 0.211. The van der Waals surface area contributed by atoms with Crippen LogP contribution < -0.4 is 0 Å². The summed E-state index contributed by atoms with van der Waals surface area (Å²) in [4.78, 5) is 7.51. The summed E-state index contributed by atoms with van der Waals surface area (Å²) in [6.07, 6.45) is -0.815. The number of aliphatic hydroxyl groups is 1. The zero-order valence-corrected chi connectivity index (χ0v) is 12.1. The number of aliphatic hydroxyl groups excluding tert-OH is 1. The van der Waals surface area contributed by atoms with Crippen LogP contribution in [0, 0.1) is 0 Å². The second-order valence-electron chi connectivity index (χ2n) is 4.24. The van der Waals surface area contributed by atoms with Crippen molar-refractivity contribution in [2.75, 3.05) is 0 Å². The van der Waals surface area contributed by atoms with Gasteiger partial charge in [0.25, 0.3) is 0 Å². The minimum absolute atomic E-state index is 0.510. The van der Waals surface area contributed by atoms with Crippen LogP contribution in [0.5, 0.6) is 0 Å². The SMILES string of the molecule is O[C@H](c1cccc(Cl)c1)c1nc2ccc(Br)cc2[nH]1. The second kappa shape index (κ2) is 4.96. The first kappa shape index (κ1) is 12.7. The Bertz CT molecular complexity index is 741. The Hall–Kier alpha value is -1.36. The number of rotatable bonds is 2. The number of aromatic amines is 1. The number of hydrogen-bond acceptors (Lipinski definition) is 2. The maximum absolute atomic E-state index is 10.3. The Kier molecular flexibility index (Phi) is 3.31. The summed E-state index contributed by atoms with van der Waals surface area (Å²) in [6.45, 7) is 0. The van der Waals surface area contributed by atoms with Crippen molar-refractivity contribution in [2.45, 2.75) is 6.10 Å². The van der Waals surface area contributed by atoms with Gasteiger partial charge in [-0.1, -0.05) is 39.7 Å². The number of nitrogens with one attached hydrogen (secondary N) is 1. The number of benzene rings is 2. The molecule has 0 saturated heterocycles. The fourth-order valence-corrected chi connectivity index (χ4v) is 2.53. The molecule has 0 spiro atoms. The zero-order valence-electron chi connectivity index (χ0n) is 9.77. The van der Waals surface area contributed by atoms with Crippen LogP contribution in [0.4, 0.5) is 0 Å². The zero-order chi connectivity index (χ0) is 13.4. The number of halogens is 2. The van der Waals surface area contributed by atoms with Gasteiger partial charge >= 0.3 is 0 Å². The fourth-order valence-electron chi connectivity index (χ4n) is 1.97. The molecule has 0 saturated carbocycles. The maximum atomic E-state index is 10.3. The first-order chi connectivity index (χ1) is 9.13. The van der Waals surface area contributed by atoms with Crippen LogP contribution in [0.1, 0.15) is 17.5 Å². The first-order valence-electron chi connectivity index (χ1n) is 5.72. The van der Waals surface area contributed by atoms with Gasteiger partial charge in [-0.05, 0) is 35.9 Å². The molecule has 96 valence electrons. The molecular weight excluding hydrogens is 328 g/mol. The van der Waals surface area contributed by atoms with E-state index in [1.165, 1.54) is 0 Å². The molecule has 0 amide bonds. The van der Waals surface area contributed by atoms with Crippen molar-refractivity contribution in [1.29, 1.82) is 0 Å². The van der Waals surface area contributed by atoms with Crippen LogP contribution in [0.25, 0.3) is 11.0 Å². The number of imidazole rings is 1. The van der Waals surface area contributed by atoms with Gasteiger partial charge in [-0.15, -0.1) is 0 Å². The van der Waals surface area contributed by atoms with Gasteiger partial charge in [-0.25, -0.2) is 4.98 Å². The van der Waals surface area contributed by atoms with Crippen molar-refractivity contribution in [3.63, 3.8) is 0 Å². The monoisotopic (exact) mass is 336 g/mol. The summed E-state index contributed by atoms with van der Waals surface area (Å²) < 4.78 is 0.965. The molecule has 2 N–H and O–H groups in total. The van der Waals surface area contributed by atoms with Crippen molar-refractivity contribution in [3.05, 3.63) is 63.3 Å². The summed E-state index contributed by atoms with van der Waals surface area (Å²) in [6, 6.07) is 12.9. The molecule has 3 nitrogen and oxygen atoms in total. The van der Waals surface area contributed by atoms with E-state index in [-0.39, 0.29) is 0 Å². The molecule has 0 unspecified atom stereocenters. The second-order valence-corrected chi connectivity index (χ2v) is 5.59. The average molecular weight is 338 g/mol. The van der Waals surface area contributed by atoms with Crippen molar-refractivity contribution < 1.29 is 5.11 Å². The summed E-state index contributed by atoms with van der Waals surface area (Å²) in [5.41, 5.74) is 2.41. The van der Waals surface area contributed by atoms with Gasteiger partial charge in [0.15, 0.2) is 0 Å². The average Bonchev–Trinajstić information content (AvgIpc) is 2.80. The van der Waals surface area contributed by atoms with Gasteiger partial charge in [0.2, 0.25) is 0 Å². The molecule has 1 atom stereocenters. The molecule has 0 fully saturated rings. The summed E-state index contributed by atoms with van der Waals surface area (Å²) in [5.74, 6) is 0.510. The standard InChI is InChI=1S/C14H10BrClN2O/c15-9-4-5-11-12(7-9)18-14(17-11)13(19)8-2-1-3-10(16)6-8/h1-7,13,19H,(H,17,18)/t13-/m1/s1. The first-order valence-corrected chi connectivity index (χ1v) is 6.89. The van der Waals surface area contributed by atoms with Crippen molar-refractivity contribution in [1.82, 2.24) is 9.97 Å². The predicted molar refractivity (Wildman–Crippen MR) is 79.3 cm³/mol. The lowest BCUT2D eigenvalue weighted by Gasteiger charge is -2.07. The molecule has 0 radical (unpaired) electrons. The molecule has 1 heterocycles. The smallest absolute Gasteiger partial charge is 0.140 e. The van der Waals surface area contributed by atoms with Gasteiger partial charge in [0, 0.05) is 9.50 Å². The molecule has 19 heavy (non-hydrogen) atoms. The molecular formula is C14H10BrClN2O. The van der Waals surface area contributed by atoms with Crippen LogP contribution in [0.3, 0.4) is 0 Å². The molecule has 2 aromatic carbocycles. The van der Waals surface area contributed by atoms with Crippen LogP contribution in [0.2, 0.25) is 5.02 Å². The van der Waals surface area contributed by atoms with Gasteiger partial charge < -0.3 is 10.1 Å². The van der Waals surface area contributed by atoms with Gasteiger partial charge in [-0.3, -0.25) is 0 Å². The Morgan fingerprint density at radius 3 is 2.84 bits per heavy atom. The van der Waals surface area contributed by atoms with Crippen molar-refractivity contribution in [2.24, 2.45) is 0 Å². The molecule has 3 aromatic rings. The van der Waals surface area contributed by atoms with E-state index in [0.717, 1.165) is 15.5 Å². The van der Waals surface area contributed by atoms with E-state index in [0.29, 0.717) is 16.4 Å². The van der Waals surface area contributed by atoms with E-state index in [1.54, 1.807) is 18.2 Å².